The minimum Gasteiger partial charge on any atom is -0.499 e. The van der Waals surface area contributed by atoms with Crippen molar-refractivity contribution in [3.63, 3.8) is 0 Å². The van der Waals surface area contributed by atoms with Gasteiger partial charge in [-0.2, -0.15) is 21.6 Å². The molecule has 0 spiro atoms. The summed E-state index contributed by atoms with van der Waals surface area (Å²) in [5.74, 6) is 0. The highest BCUT2D eigenvalue weighted by molar-refractivity contribution is 7.86. The zero-order valence-electron chi connectivity index (χ0n) is 9.93. The molecule has 0 saturated heterocycles. The van der Waals surface area contributed by atoms with Crippen molar-refractivity contribution in [2.75, 3.05) is 13.2 Å². The van der Waals surface area contributed by atoms with Crippen LogP contribution in [0.4, 0.5) is 17.6 Å². The first-order valence-electron chi connectivity index (χ1n) is 5.01. The molecule has 10 heteroatoms. The molecule has 0 aliphatic carbocycles. The van der Waals surface area contributed by atoms with Crippen molar-refractivity contribution in [3.05, 3.63) is 12.8 Å². The van der Waals surface area contributed by atoms with Crippen molar-refractivity contribution < 1.29 is 40.0 Å². The average molecular weight is 310 g/mol. The Kier molecular flexibility index (Phi) is 6.73. The third-order valence-corrected chi connectivity index (χ3v) is 3.16. The summed E-state index contributed by atoms with van der Waals surface area (Å²) >= 11 is 0. The first-order chi connectivity index (χ1) is 8.50. The summed E-state index contributed by atoms with van der Waals surface area (Å²) in [5, 5.41) is -2.74. The van der Waals surface area contributed by atoms with Crippen molar-refractivity contribution in [1.29, 1.82) is 0 Å². The van der Waals surface area contributed by atoms with E-state index in [1.54, 1.807) is 0 Å². The molecule has 0 aromatic rings. The van der Waals surface area contributed by atoms with Crippen molar-refractivity contribution in [1.82, 2.24) is 0 Å². The monoisotopic (exact) mass is 310 g/mol. The highest BCUT2D eigenvalue weighted by Gasteiger charge is 2.50. The van der Waals surface area contributed by atoms with Gasteiger partial charge in [0.05, 0.1) is 19.0 Å². The molecule has 114 valence electrons. The summed E-state index contributed by atoms with van der Waals surface area (Å²) in [6.45, 7) is 3.31. The maximum absolute atomic E-state index is 13.0. The Hall–Kier alpha value is -0.870. The highest BCUT2D eigenvalue weighted by atomic mass is 32.2. The number of rotatable bonds is 8. The summed E-state index contributed by atoms with van der Waals surface area (Å²) < 4.78 is 88.7. The van der Waals surface area contributed by atoms with Gasteiger partial charge in [0.2, 0.25) is 6.17 Å². The Bertz CT molecular complexity index is 381. The second kappa shape index (κ2) is 7.06. The Balaban J connectivity index is 4.69. The van der Waals surface area contributed by atoms with Gasteiger partial charge in [0.25, 0.3) is 10.1 Å². The number of alkyl halides is 4. The predicted molar refractivity (Wildman–Crippen MR) is 57.9 cm³/mol. The molecule has 0 rings (SSSR count). The Morgan fingerprint density at radius 3 is 2.26 bits per heavy atom. The molecule has 0 saturated carbocycles. The summed E-state index contributed by atoms with van der Waals surface area (Å²) in [4.78, 5) is 0. The Morgan fingerprint density at radius 2 is 1.89 bits per heavy atom. The highest BCUT2D eigenvalue weighted by Crippen LogP contribution is 2.28. The maximum atomic E-state index is 13.0. The van der Waals surface area contributed by atoms with Crippen LogP contribution in [0.25, 0.3) is 0 Å². The van der Waals surface area contributed by atoms with Crippen LogP contribution in [0.3, 0.4) is 0 Å². The number of halogens is 4. The van der Waals surface area contributed by atoms with Gasteiger partial charge in [-0.3, -0.25) is 4.55 Å². The zero-order chi connectivity index (χ0) is 15.3. The van der Waals surface area contributed by atoms with E-state index < -0.39 is 40.4 Å². The predicted octanol–water partition coefficient (Wildman–Crippen LogP) is 1.71. The molecule has 3 atom stereocenters. The molecule has 0 aromatic heterocycles. The van der Waals surface area contributed by atoms with Crippen LogP contribution in [-0.2, 0) is 19.6 Å². The SMILES string of the molecule is C=COCC(C)OCC(C(F)C(F)(F)F)S(=O)(=O)O. The topological polar surface area (TPSA) is 72.8 Å². The van der Waals surface area contributed by atoms with Gasteiger partial charge in [0.1, 0.15) is 11.9 Å². The summed E-state index contributed by atoms with van der Waals surface area (Å²) in [7, 11) is -5.24. The smallest absolute Gasteiger partial charge is 0.421 e. The molecule has 0 aliphatic rings. The van der Waals surface area contributed by atoms with Crippen LogP contribution in [0.1, 0.15) is 6.92 Å². The molecule has 0 radical (unpaired) electrons. The fourth-order valence-electron chi connectivity index (χ4n) is 1.04. The van der Waals surface area contributed by atoms with E-state index in [0.717, 1.165) is 6.26 Å². The van der Waals surface area contributed by atoms with E-state index >= 15 is 0 Å². The molecule has 1 N–H and O–H groups in total. The number of hydrogen-bond donors (Lipinski definition) is 1. The lowest BCUT2D eigenvalue weighted by Gasteiger charge is -2.22. The fourth-order valence-corrected chi connectivity index (χ4v) is 1.75. The van der Waals surface area contributed by atoms with Crippen LogP contribution < -0.4 is 0 Å². The van der Waals surface area contributed by atoms with E-state index in [2.05, 4.69) is 11.3 Å². The maximum Gasteiger partial charge on any atom is 0.421 e. The zero-order valence-corrected chi connectivity index (χ0v) is 10.7. The first kappa shape index (κ1) is 18.1. The second-order valence-electron chi connectivity index (χ2n) is 3.64. The van der Waals surface area contributed by atoms with E-state index in [9.17, 15) is 26.0 Å². The quantitative estimate of drug-likeness (QED) is 0.420. The largest absolute Gasteiger partial charge is 0.499 e. The van der Waals surface area contributed by atoms with Gasteiger partial charge in [-0.25, -0.2) is 4.39 Å². The lowest BCUT2D eigenvalue weighted by Crippen LogP contribution is -2.44. The molecule has 0 heterocycles. The van der Waals surface area contributed by atoms with E-state index in [1.807, 2.05) is 0 Å². The van der Waals surface area contributed by atoms with Crippen molar-refractivity contribution in [2.45, 2.75) is 30.6 Å². The molecular formula is C9H14F4O5S. The number of hydrogen-bond acceptors (Lipinski definition) is 4. The summed E-state index contributed by atoms with van der Waals surface area (Å²) in [6, 6.07) is 0. The van der Waals surface area contributed by atoms with Crippen molar-refractivity contribution in [3.8, 4) is 0 Å². The Morgan fingerprint density at radius 1 is 1.37 bits per heavy atom. The minimum atomic E-state index is -5.41. The molecule has 19 heavy (non-hydrogen) atoms. The second-order valence-corrected chi connectivity index (χ2v) is 5.28. The van der Waals surface area contributed by atoms with Crippen LogP contribution in [0.15, 0.2) is 12.8 Å². The lowest BCUT2D eigenvalue weighted by molar-refractivity contribution is -0.184. The molecular weight excluding hydrogens is 296 g/mol. The molecule has 0 aliphatic heterocycles. The van der Waals surface area contributed by atoms with Crippen LogP contribution >= 0.6 is 0 Å². The van der Waals surface area contributed by atoms with Gasteiger partial charge < -0.3 is 9.47 Å². The van der Waals surface area contributed by atoms with Crippen molar-refractivity contribution >= 4 is 10.1 Å². The van der Waals surface area contributed by atoms with E-state index in [4.69, 9.17) is 9.29 Å². The van der Waals surface area contributed by atoms with Gasteiger partial charge >= 0.3 is 6.18 Å². The van der Waals surface area contributed by atoms with Gasteiger partial charge in [-0.1, -0.05) is 6.58 Å². The lowest BCUT2D eigenvalue weighted by atomic mass is 10.2. The molecule has 0 fully saturated rings. The van der Waals surface area contributed by atoms with E-state index in [-0.39, 0.29) is 6.61 Å². The van der Waals surface area contributed by atoms with Gasteiger partial charge in [-0.15, -0.1) is 0 Å². The Labute approximate surface area is 107 Å². The minimum absolute atomic E-state index is 0.106. The molecule has 0 aromatic carbocycles. The number of ether oxygens (including phenoxy) is 2. The van der Waals surface area contributed by atoms with Crippen LogP contribution in [-0.4, -0.2) is 49.9 Å². The third-order valence-electron chi connectivity index (χ3n) is 2.02. The average Bonchev–Trinajstić information content (AvgIpc) is 2.23. The molecule has 0 bridgehead atoms. The van der Waals surface area contributed by atoms with Crippen LogP contribution in [0, 0.1) is 0 Å². The van der Waals surface area contributed by atoms with Gasteiger partial charge in [-0.05, 0) is 6.92 Å². The standard InChI is InChI=1S/C9H14F4O5S/c1-3-17-4-6(2)18-5-7(19(14,15)16)8(10)9(11,12)13/h3,6-8H,1,4-5H2,2H3,(H,14,15,16). The first-order valence-corrected chi connectivity index (χ1v) is 6.51. The molecule has 3 unspecified atom stereocenters. The summed E-state index contributed by atoms with van der Waals surface area (Å²) in [6.07, 6.45) is -8.91. The third kappa shape index (κ3) is 6.73. The fraction of sp³-hybridized carbons (Fsp3) is 0.778. The van der Waals surface area contributed by atoms with E-state index in [1.165, 1.54) is 6.92 Å². The summed E-state index contributed by atoms with van der Waals surface area (Å²) in [5.41, 5.74) is 0. The van der Waals surface area contributed by atoms with Crippen LogP contribution in [0.5, 0.6) is 0 Å². The van der Waals surface area contributed by atoms with Gasteiger partial charge in [0.15, 0.2) is 0 Å². The van der Waals surface area contributed by atoms with E-state index in [0.29, 0.717) is 0 Å². The van der Waals surface area contributed by atoms with Gasteiger partial charge in [0, 0.05) is 0 Å². The molecule has 5 nitrogen and oxygen atoms in total. The van der Waals surface area contributed by atoms with Crippen molar-refractivity contribution in [2.24, 2.45) is 0 Å². The van der Waals surface area contributed by atoms with Crippen LogP contribution in [0.2, 0.25) is 0 Å². The normalized spacial score (nSPS) is 17.6. The molecule has 0 amide bonds.